The van der Waals surface area contributed by atoms with Crippen molar-refractivity contribution in [2.75, 3.05) is 29.6 Å². The minimum Gasteiger partial charge on any atom is -0.472 e. The normalized spacial score (nSPS) is 22.5. The van der Waals surface area contributed by atoms with E-state index in [0.29, 0.717) is 55.2 Å². The number of nitrogens with zero attached hydrogens (tertiary/aromatic N) is 5. The highest BCUT2D eigenvalue weighted by atomic mass is 32.2. The number of carbonyl (C=O) groups excluding carboxylic acids is 1. The lowest BCUT2D eigenvalue weighted by Crippen LogP contribution is -2.51. The molecule has 2 aromatic rings. The first kappa shape index (κ1) is 23.9. The number of carbonyl (C=O) groups is 1. The molecule has 1 fully saturated rings. The van der Waals surface area contributed by atoms with Gasteiger partial charge in [0, 0.05) is 30.7 Å². The lowest BCUT2D eigenvalue weighted by atomic mass is 10.0. The van der Waals surface area contributed by atoms with Crippen molar-refractivity contribution in [3.8, 4) is 5.75 Å². The summed E-state index contributed by atoms with van der Waals surface area (Å²) in [4.78, 5) is 29.1. The Balaban J connectivity index is 1.45. The van der Waals surface area contributed by atoms with Crippen LogP contribution in [0.2, 0.25) is 0 Å². The fourth-order valence-corrected chi connectivity index (χ4v) is 5.99. The number of sulfonamides is 1. The molecule has 0 bridgehead atoms. The molecule has 1 amide bonds. The zero-order valence-corrected chi connectivity index (χ0v) is 21.4. The molecule has 3 aliphatic rings. The maximum absolute atomic E-state index is 13.5. The summed E-state index contributed by atoms with van der Waals surface area (Å²) in [6, 6.07) is 3.98. The lowest BCUT2D eigenvalue weighted by molar-refractivity contribution is -0.131. The minimum absolute atomic E-state index is 0.0274. The van der Waals surface area contributed by atoms with Crippen LogP contribution in [0.4, 0.5) is 17.6 Å². The molecular formula is C24H32N6O4S. The van der Waals surface area contributed by atoms with Crippen molar-refractivity contribution < 1.29 is 17.9 Å². The number of ether oxygens (including phenoxy) is 1. The van der Waals surface area contributed by atoms with Gasteiger partial charge in [-0.15, -0.1) is 0 Å². The third-order valence-corrected chi connectivity index (χ3v) is 8.46. The molecular weight excluding hydrogens is 468 g/mol. The Bertz CT molecular complexity index is 1260. The van der Waals surface area contributed by atoms with Gasteiger partial charge in [-0.2, -0.15) is 4.98 Å². The Labute approximate surface area is 206 Å². The van der Waals surface area contributed by atoms with Crippen molar-refractivity contribution in [1.29, 1.82) is 0 Å². The molecule has 0 aromatic carbocycles. The first-order valence-corrected chi connectivity index (χ1v) is 14.0. The van der Waals surface area contributed by atoms with Crippen LogP contribution in [0, 0.1) is 0 Å². The van der Waals surface area contributed by atoms with E-state index in [1.807, 2.05) is 6.07 Å². The van der Waals surface area contributed by atoms with Crippen LogP contribution in [-0.4, -0.2) is 64.6 Å². The molecule has 1 saturated heterocycles. The van der Waals surface area contributed by atoms with Crippen LogP contribution in [0.3, 0.4) is 0 Å². The van der Waals surface area contributed by atoms with Gasteiger partial charge >= 0.3 is 0 Å². The van der Waals surface area contributed by atoms with Crippen molar-refractivity contribution in [2.45, 2.75) is 70.4 Å². The highest BCUT2D eigenvalue weighted by Gasteiger charge is 2.44. The number of hydrogen-bond acceptors (Lipinski definition) is 8. The van der Waals surface area contributed by atoms with Crippen LogP contribution >= 0.6 is 0 Å². The maximum atomic E-state index is 13.5. The summed E-state index contributed by atoms with van der Waals surface area (Å²) in [6.45, 7) is 6.52. The molecule has 0 spiro atoms. The number of aromatic nitrogens is 3. The fraction of sp³-hybridized carbons (Fsp3) is 0.583. The number of anilines is 3. The summed E-state index contributed by atoms with van der Waals surface area (Å²) in [5.41, 5.74) is 1.22. The molecule has 2 aromatic heterocycles. The average Bonchev–Trinajstić information content (AvgIpc) is 3.22. The smallest absolute Gasteiger partial charge is 0.277 e. The van der Waals surface area contributed by atoms with E-state index in [1.54, 1.807) is 24.9 Å². The first-order chi connectivity index (χ1) is 16.6. The zero-order chi connectivity index (χ0) is 25.0. The van der Waals surface area contributed by atoms with Crippen LogP contribution < -0.4 is 15.0 Å². The monoisotopic (exact) mass is 500 g/mol. The maximum Gasteiger partial charge on any atom is 0.277 e. The summed E-state index contributed by atoms with van der Waals surface area (Å²) in [5.74, 6) is 1.84. The number of pyridine rings is 1. The van der Waals surface area contributed by atoms with Gasteiger partial charge in [-0.3, -0.25) is 4.79 Å². The Kier molecular flexibility index (Phi) is 5.95. The number of hydrogen-bond donors (Lipinski definition) is 1. The van der Waals surface area contributed by atoms with E-state index in [9.17, 15) is 13.2 Å². The van der Waals surface area contributed by atoms with Crippen molar-refractivity contribution in [1.82, 2.24) is 19.3 Å². The molecule has 1 N–H and O–H groups in total. The van der Waals surface area contributed by atoms with Crippen molar-refractivity contribution >= 4 is 33.5 Å². The molecule has 10 nitrogen and oxygen atoms in total. The largest absolute Gasteiger partial charge is 0.472 e. The van der Waals surface area contributed by atoms with Crippen molar-refractivity contribution in [3.05, 3.63) is 29.6 Å². The second-order valence-corrected chi connectivity index (χ2v) is 12.1. The van der Waals surface area contributed by atoms with Gasteiger partial charge in [-0.05, 0) is 57.6 Å². The van der Waals surface area contributed by atoms with Gasteiger partial charge in [-0.25, -0.2) is 27.6 Å². The molecule has 1 atom stereocenters. The summed E-state index contributed by atoms with van der Waals surface area (Å²) >= 11 is 0. The third kappa shape index (κ3) is 4.47. The molecule has 0 radical (unpaired) electrons. The lowest BCUT2D eigenvalue weighted by Gasteiger charge is -2.37. The van der Waals surface area contributed by atoms with E-state index in [4.69, 9.17) is 9.72 Å². The van der Waals surface area contributed by atoms with Gasteiger partial charge in [0.1, 0.15) is 5.82 Å². The van der Waals surface area contributed by atoms with Gasteiger partial charge < -0.3 is 10.1 Å². The molecule has 0 saturated carbocycles. The van der Waals surface area contributed by atoms with E-state index < -0.39 is 15.6 Å². The van der Waals surface area contributed by atoms with Crippen LogP contribution in [0.15, 0.2) is 18.3 Å². The molecule has 188 valence electrons. The standard InChI is InChI=1S/C24H32N6O4S/c1-5-15-6-7-16-8-9-19(27-20(15)16)30-21-18(34-24(2,3)22(30)31)14-25-23(28-21)26-17-10-12-29(13-11-17)35(4,32)33/h8-9,14-15,17H,5-7,10-13H2,1-4H3,(H,25,26,28). The predicted octanol–water partition coefficient (Wildman–Crippen LogP) is 2.98. The van der Waals surface area contributed by atoms with E-state index in [1.165, 1.54) is 16.1 Å². The quantitative estimate of drug-likeness (QED) is 0.666. The second-order valence-electron chi connectivity index (χ2n) is 10.1. The number of fused-ring (bicyclic) bond motifs is 2. The van der Waals surface area contributed by atoms with Gasteiger partial charge in [-0.1, -0.05) is 13.0 Å². The summed E-state index contributed by atoms with van der Waals surface area (Å²) < 4.78 is 31.1. The molecule has 4 heterocycles. The predicted molar refractivity (Wildman–Crippen MR) is 133 cm³/mol. The topological polar surface area (TPSA) is 118 Å². The summed E-state index contributed by atoms with van der Waals surface area (Å²) in [5, 5.41) is 3.31. The van der Waals surface area contributed by atoms with E-state index in [0.717, 1.165) is 25.0 Å². The Hall–Kier alpha value is -2.79. The first-order valence-electron chi connectivity index (χ1n) is 12.2. The van der Waals surface area contributed by atoms with Crippen LogP contribution in [0.5, 0.6) is 5.75 Å². The number of piperidine rings is 1. The van der Waals surface area contributed by atoms with Gasteiger partial charge in [0.15, 0.2) is 17.2 Å². The van der Waals surface area contributed by atoms with E-state index in [-0.39, 0.29) is 11.9 Å². The van der Waals surface area contributed by atoms with Crippen LogP contribution in [0.1, 0.15) is 63.6 Å². The Morgan fingerprint density at radius 2 is 1.91 bits per heavy atom. The van der Waals surface area contributed by atoms with E-state index in [2.05, 4.69) is 28.3 Å². The summed E-state index contributed by atoms with van der Waals surface area (Å²) in [7, 11) is -3.19. The van der Waals surface area contributed by atoms with Crippen molar-refractivity contribution in [3.63, 3.8) is 0 Å². The third-order valence-electron chi connectivity index (χ3n) is 7.16. The second kappa shape index (κ2) is 8.70. The number of amides is 1. The highest BCUT2D eigenvalue weighted by Crippen LogP contribution is 2.42. The Morgan fingerprint density at radius 1 is 1.17 bits per heavy atom. The molecule has 2 aliphatic heterocycles. The number of rotatable bonds is 5. The number of nitrogens with one attached hydrogen (secondary N) is 1. The Morgan fingerprint density at radius 3 is 2.60 bits per heavy atom. The van der Waals surface area contributed by atoms with Gasteiger partial charge in [0.25, 0.3) is 5.91 Å². The fourth-order valence-electron chi connectivity index (χ4n) is 5.12. The molecule has 35 heavy (non-hydrogen) atoms. The van der Waals surface area contributed by atoms with Gasteiger partial charge in [0.2, 0.25) is 16.0 Å². The van der Waals surface area contributed by atoms with Crippen LogP contribution in [0.25, 0.3) is 0 Å². The highest BCUT2D eigenvalue weighted by molar-refractivity contribution is 7.88. The summed E-state index contributed by atoms with van der Waals surface area (Å²) in [6.07, 6.45) is 7.20. The van der Waals surface area contributed by atoms with Crippen LogP contribution in [-0.2, 0) is 21.2 Å². The zero-order valence-electron chi connectivity index (χ0n) is 20.6. The molecule has 5 rings (SSSR count). The molecule has 11 heteroatoms. The SMILES string of the molecule is CCC1CCc2ccc(N3C(=O)C(C)(C)Oc4cnc(NC5CCN(S(C)(=O)=O)CC5)nc43)nc21. The molecule has 1 unspecified atom stereocenters. The molecule has 1 aliphatic carbocycles. The minimum atomic E-state index is -3.19. The van der Waals surface area contributed by atoms with E-state index >= 15 is 0 Å². The average molecular weight is 501 g/mol. The van der Waals surface area contributed by atoms with Gasteiger partial charge in [0.05, 0.1) is 12.5 Å². The number of aryl methyl sites for hydroxylation is 1. The van der Waals surface area contributed by atoms with Crippen molar-refractivity contribution in [2.24, 2.45) is 0 Å².